The topological polar surface area (TPSA) is 27.1 Å². The van der Waals surface area contributed by atoms with Crippen molar-refractivity contribution in [3.05, 3.63) is 95.8 Å². The second-order valence-corrected chi connectivity index (χ2v) is 6.70. The molecular weight excluding hydrogens is 344 g/mol. The molecule has 140 valence electrons. The van der Waals surface area contributed by atoms with E-state index in [1.165, 1.54) is 5.56 Å². The van der Waals surface area contributed by atoms with Crippen molar-refractivity contribution in [1.29, 1.82) is 0 Å². The van der Waals surface area contributed by atoms with Crippen molar-refractivity contribution in [2.45, 2.75) is 19.9 Å². The summed E-state index contributed by atoms with van der Waals surface area (Å²) in [4.78, 5) is 4.80. The quantitative estimate of drug-likeness (QED) is 0.409. The van der Waals surface area contributed by atoms with Gasteiger partial charge >= 0.3 is 0 Å². The summed E-state index contributed by atoms with van der Waals surface area (Å²) in [5.74, 6) is 1.85. The Morgan fingerprint density at radius 1 is 0.857 bits per heavy atom. The number of benzene rings is 3. The molecule has 0 atom stereocenters. The minimum Gasteiger partial charge on any atom is -0.492 e. The van der Waals surface area contributed by atoms with Crippen LogP contribution < -0.4 is 4.74 Å². The summed E-state index contributed by atoms with van der Waals surface area (Å²) in [5.41, 5.74) is 4.61. The van der Waals surface area contributed by atoms with E-state index in [4.69, 9.17) is 9.72 Å². The molecule has 0 N–H and O–H groups in total. The van der Waals surface area contributed by atoms with Gasteiger partial charge in [0.15, 0.2) is 0 Å². The largest absolute Gasteiger partial charge is 0.492 e. The molecule has 0 aliphatic heterocycles. The fraction of sp³-hybridized carbons (Fsp3) is 0.160. The third kappa shape index (κ3) is 4.15. The molecule has 3 nitrogen and oxygen atoms in total. The summed E-state index contributed by atoms with van der Waals surface area (Å²) in [6.45, 7) is 3.49. The van der Waals surface area contributed by atoms with Gasteiger partial charge in [-0.1, -0.05) is 67.6 Å². The van der Waals surface area contributed by atoms with Crippen LogP contribution in [0.4, 0.5) is 0 Å². The summed E-state index contributed by atoms with van der Waals surface area (Å²) in [6, 6.07) is 26.9. The smallest absolute Gasteiger partial charge is 0.133 e. The Bertz CT molecular complexity index is 1060. The van der Waals surface area contributed by atoms with Gasteiger partial charge in [-0.25, -0.2) is 4.98 Å². The van der Waals surface area contributed by atoms with E-state index >= 15 is 0 Å². The number of hydrogen-bond donors (Lipinski definition) is 0. The van der Waals surface area contributed by atoms with Gasteiger partial charge in [-0.05, 0) is 47.9 Å². The highest BCUT2D eigenvalue weighted by Gasteiger charge is 2.08. The van der Waals surface area contributed by atoms with Gasteiger partial charge in [0.05, 0.1) is 17.6 Å². The highest BCUT2D eigenvalue weighted by Crippen LogP contribution is 2.19. The van der Waals surface area contributed by atoms with Crippen LogP contribution in [0.25, 0.3) is 23.2 Å². The molecule has 0 spiro atoms. The van der Waals surface area contributed by atoms with Gasteiger partial charge in [-0.15, -0.1) is 0 Å². The van der Waals surface area contributed by atoms with Gasteiger partial charge in [0.1, 0.15) is 18.2 Å². The average Bonchev–Trinajstić information content (AvgIpc) is 3.11. The lowest BCUT2D eigenvalue weighted by molar-refractivity contribution is 0.299. The molecule has 0 bridgehead atoms. The van der Waals surface area contributed by atoms with E-state index in [0.29, 0.717) is 6.61 Å². The molecule has 3 heteroatoms. The molecule has 28 heavy (non-hydrogen) atoms. The van der Waals surface area contributed by atoms with Gasteiger partial charge in [0.25, 0.3) is 0 Å². The van der Waals surface area contributed by atoms with Gasteiger partial charge < -0.3 is 9.30 Å². The summed E-state index contributed by atoms with van der Waals surface area (Å²) < 4.78 is 8.19. The zero-order valence-corrected chi connectivity index (χ0v) is 16.1. The zero-order chi connectivity index (χ0) is 19.2. The van der Waals surface area contributed by atoms with Crippen LogP contribution in [-0.4, -0.2) is 16.2 Å². The summed E-state index contributed by atoms with van der Waals surface area (Å²) in [6.07, 6.45) is 5.21. The lowest BCUT2D eigenvalue weighted by Gasteiger charge is -2.10. The molecule has 0 radical (unpaired) electrons. The van der Waals surface area contributed by atoms with Crippen LogP contribution in [-0.2, 0) is 13.0 Å². The third-order valence-electron chi connectivity index (χ3n) is 4.82. The first-order valence-electron chi connectivity index (χ1n) is 9.73. The van der Waals surface area contributed by atoms with Crippen LogP contribution in [0.2, 0.25) is 0 Å². The Labute approximate surface area is 165 Å². The fourth-order valence-electron chi connectivity index (χ4n) is 3.27. The van der Waals surface area contributed by atoms with Gasteiger partial charge in [-0.3, -0.25) is 0 Å². The molecule has 0 unspecified atom stereocenters. The zero-order valence-electron chi connectivity index (χ0n) is 16.1. The van der Waals surface area contributed by atoms with Crippen LogP contribution in [0.15, 0.2) is 78.9 Å². The predicted molar refractivity (Wildman–Crippen MR) is 116 cm³/mol. The van der Waals surface area contributed by atoms with E-state index in [9.17, 15) is 0 Å². The van der Waals surface area contributed by atoms with Crippen molar-refractivity contribution < 1.29 is 4.74 Å². The summed E-state index contributed by atoms with van der Waals surface area (Å²) >= 11 is 0. The molecule has 0 saturated carbocycles. The predicted octanol–water partition coefficient (Wildman–Crippen LogP) is 5.85. The Morgan fingerprint density at radius 3 is 2.39 bits per heavy atom. The maximum absolute atomic E-state index is 5.97. The molecule has 1 heterocycles. The maximum atomic E-state index is 5.97. The van der Waals surface area contributed by atoms with Crippen LogP contribution in [0.1, 0.15) is 23.9 Å². The molecule has 4 rings (SSSR count). The third-order valence-corrected chi connectivity index (χ3v) is 4.82. The number of para-hydroxylation sites is 2. The number of rotatable bonds is 7. The van der Waals surface area contributed by atoms with Crippen molar-refractivity contribution in [2.75, 3.05) is 6.61 Å². The van der Waals surface area contributed by atoms with E-state index in [2.05, 4.69) is 66.1 Å². The van der Waals surface area contributed by atoms with Crippen LogP contribution in [0, 0.1) is 0 Å². The van der Waals surface area contributed by atoms with Crippen molar-refractivity contribution in [1.82, 2.24) is 9.55 Å². The van der Waals surface area contributed by atoms with Crippen molar-refractivity contribution in [3.8, 4) is 5.75 Å². The first-order chi connectivity index (χ1) is 13.8. The normalized spacial score (nSPS) is 11.3. The Balaban J connectivity index is 1.53. The molecule has 1 aromatic heterocycles. The number of aryl methyl sites for hydroxylation is 1. The highest BCUT2D eigenvalue weighted by molar-refractivity contribution is 5.79. The molecule has 0 fully saturated rings. The average molecular weight is 368 g/mol. The standard InChI is InChI=1S/C25H24N2O/c1-2-20-12-15-22(16-13-20)28-19-18-27-24-11-7-6-10-23(24)26-25(27)17-14-21-8-4-3-5-9-21/h3-17H,2,18-19H2,1H3/b17-14+. The highest BCUT2D eigenvalue weighted by atomic mass is 16.5. The van der Waals surface area contributed by atoms with E-state index in [0.717, 1.165) is 41.1 Å². The maximum Gasteiger partial charge on any atom is 0.133 e. The van der Waals surface area contributed by atoms with Gasteiger partial charge in [0, 0.05) is 0 Å². The van der Waals surface area contributed by atoms with E-state index in [1.807, 2.05) is 36.4 Å². The lowest BCUT2D eigenvalue weighted by atomic mass is 10.2. The fourth-order valence-corrected chi connectivity index (χ4v) is 3.27. The lowest BCUT2D eigenvalue weighted by Crippen LogP contribution is -2.09. The van der Waals surface area contributed by atoms with Crippen LogP contribution in [0.3, 0.4) is 0 Å². The number of imidazole rings is 1. The summed E-state index contributed by atoms with van der Waals surface area (Å²) in [7, 11) is 0. The first-order valence-corrected chi connectivity index (χ1v) is 9.73. The summed E-state index contributed by atoms with van der Waals surface area (Å²) in [5, 5.41) is 0. The van der Waals surface area contributed by atoms with Gasteiger partial charge in [0.2, 0.25) is 0 Å². The van der Waals surface area contributed by atoms with E-state index in [-0.39, 0.29) is 0 Å². The molecule has 4 aromatic rings. The van der Waals surface area contributed by atoms with Crippen molar-refractivity contribution >= 4 is 23.2 Å². The Hall–Kier alpha value is -3.33. The molecule has 0 amide bonds. The van der Waals surface area contributed by atoms with Crippen LogP contribution in [0.5, 0.6) is 5.75 Å². The Morgan fingerprint density at radius 2 is 1.61 bits per heavy atom. The second kappa shape index (κ2) is 8.57. The van der Waals surface area contributed by atoms with Crippen molar-refractivity contribution in [3.63, 3.8) is 0 Å². The monoisotopic (exact) mass is 368 g/mol. The number of fused-ring (bicyclic) bond motifs is 1. The number of ether oxygens (including phenoxy) is 1. The van der Waals surface area contributed by atoms with Crippen molar-refractivity contribution in [2.24, 2.45) is 0 Å². The molecule has 0 aliphatic rings. The second-order valence-electron chi connectivity index (χ2n) is 6.70. The SMILES string of the molecule is CCc1ccc(OCCn2c(/C=C/c3ccccc3)nc3ccccc32)cc1. The minimum absolute atomic E-state index is 0.595. The van der Waals surface area contributed by atoms with Gasteiger partial charge in [-0.2, -0.15) is 0 Å². The van der Waals surface area contributed by atoms with E-state index < -0.39 is 0 Å². The van der Waals surface area contributed by atoms with E-state index in [1.54, 1.807) is 0 Å². The molecule has 3 aromatic carbocycles. The minimum atomic E-state index is 0.595. The molecule has 0 aliphatic carbocycles. The molecule has 0 saturated heterocycles. The number of hydrogen-bond acceptors (Lipinski definition) is 2. The first kappa shape index (κ1) is 18.1. The number of aromatic nitrogens is 2. The Kier molecular flexibility index (Phi) is 5.53. The van der Waals surface area contributed by atoms with Crippen LogP contribution >= 0.6 is 0 Å². The molecular formula is C25H24N2O. The number of nitrogens with zero attached hydrogens (tertiary/aromatic N) is 2.